The number of anilines is 1. The molecule has 2 aromatic rings. The minimum Gasteiger partial charge on any atom is -0.378 e. The van der Waals surface area contributed by atoms with Crippen molar-refractivity contribution in [3.05, 3.63) is 23.9 Å². The second-order valence-electron chi connectivity index (χ2n) is 7.47. The molecule has 0 radical (unpaired) electrons. The fourth-order valence-corrected chi connectivity index (χ4v) is 4.48. The number of H-pyrrole nitrogens is 1. The van der Waals surface area contributed by atoms with Gasteiger partial charge in [-0.15, -0.1) is 0 Å². The Bertz CT molecular complexity index is 805. The number of nitrogens with zero attached hydrogens (tertiary/aromatic N) is 4. The van der Waals surface area contributed by atoms with Crippen LogP contribution in [0.25, 0.3) is 10.9 Å². The van der Waals surface area contributed by atoms with Crippen molar-refractivity contribution in [1.82, 2.24) is 20.0 Å². The lowest BCUT2D eigenvalue weighted by molar-refractivity contribution is 0.0681. The first-order valence-corrected chi connectivity index (χ1v) is 9.64. The van der Waals surface area contributed by atoms with E-state index < -0.39 is 0 Å². The Hall–Kier alpha value is -2.12. The topological polar surface area (TPSA) is 64.7 Å². The molecule has 1 aromatic heterocycles. The van der Waals surface area contributed by atoms with Gasteiger partial charge >= 0.3 is 0 Å². The highest BCUT2D eigenvalue weighted by Crippen LogP contribution is 2.27. The molecule has 0 unspecified atom stereocenters. The van der Waals surface area contributed by atoms with Crippen LogP contribution in [-0.2, 0) is 4.74 Å². The van der Waals surface area contributed by atoms with Gasteiger partial charge in [0.2, 0.25) is 0 Å². The Balaban J connectivity index is 1.42. The van der Waals surface area contributed by atoms with Crippen molar-refractivity contribution in [3.8, 4) is 0 Å². The lowest BCUT2D eigenvalue weighted by Gasteiger charge is -2.31. The number of amides is 1. The quantitative estimate of drug-likeness (QED) is 0.880. The highest BCUT2D eigenvalue weighted by Gasteiger charge is 2.33. The first kappa shape index (κ1) is 16.1. The number of ether oxygens (including phenoxy) is 1. The number of rotatable bonds is 2. The van der Waals surface area contributed by atoms with Gasteiger partial charge in [0.1, 0.15) is 0 Å². The number of benzene rings is 1. The van der Waals surface area contributed by atoms with Crippen molar-refractivity contribution >= 4 is 22.5 Å². The van der Waals surface area contributed by atoms with E-state index in [9.17, 15) is 4.79 Å². The van der Waals surface area contributed by atoms with Crippen molar-refractivity contribution in [2.45, 2.75) is 18.9 Å². The molecule has 1 amide bonds. The lowest BCUT2D eigenvalue weighted by Crippen LogP contribution is -2.41. The average Bonchev–Trinajstić information content (AvgIpc) is 2.88. The van der Waals surface area contributed by atoms with E-state index in [0.717, 1.165) is 81.9 Å². The second-order valence-corrected chi connectivity index (χ2v) is 7.47. The highest BCUT2D eigenvalue weighted by molar-refractivity contribution is 6.05. The zero-order valence-corrected chi connectivity index (χ0v) is 15.0. The molecule has 138 valence electrons. The van der Waals surface area contributed by atoms with Gasteiger partial charge in [0.25, 0.3) is 5.91 Å². The summed E-state index contributed by atoms with van der Waals surface area (Å²) in [6, 6.07) is 6.60. The maximum Gasteiger partial charge on any atom is 0.275 e. The van der Waals surface area contributed by atoms with Gasteiger partial charge < -0.3 is 19.4 Å². The standard InChI is InChI=1S/C19H25N5O2/c25-19(24-8-7-22-5-3-14(24)4-6-22)18-16-2-1-15(13-17(16)20-21-18)23-9-11-26-12-10-23/h1-2,13-14H,3-12H2,(H,20,21). The van der Waals surface area contributed by atoms with Crippen LogP contribution in [0.15, 0.2) is 18.2 Å². The Labute approximate surface area is 152 Å². The SMILES string of the molecule is O=C(c1n[nH]c2cc(N3CCOCC3)ccc12)N1CCN2CCC1CC2. The van der Waals surface area contributed by atoms with Gasteiger partial charge in [0.05, 0.1) is 18.7 Å². The number of morpholine rings is 1. The van der Waals surface area contributed by atoms with E-state index in [1.54, 1.807) is 0 Å². The molecule has 5 heterocycles. The summed E-state index contributed by atoms with van der Waals surface area (Å²) in [5.74, 6) is 0.0733. The summed E-state index contributed by atoms with van der Waals surface area (Å²) in [7, 11) is 0. The fraction of sp³-hybridized carbons (Fsp3) is 0.579. The summed E-state index contributed by atoms with van der Waals surface area (Å²) in [4.78, 5) is 20.0. The first-order chi connectivity index (χ1) is 12.8. The van der Waals surface area contributed by atoms with Crippen LogP contribution in [0.4, 0.5) is 5.69 Å². The van der Waals surface area contributed by atoms with Crippen LogP contribution in [0.5, 0.6) is 0 Å². The van der Waals surface area contributed by atoms with Gasteiger partial charge in [0, 0.05) is 56.4 Å². The zero-order valence-electron chi connectivity index (χ0n) is 15.0. The molecule has 7 nitrogen and oxygen atoms in total. The molecule has 0 aliphatic carbocycles. The van der Waals surface area contributed by atoms with Crippen LogP contribution >= 0.6 is 0 Å². The number of hydrogen-bond acceptors (Lipinski definition) is 5. The molecule has 0 spiro atoms. The third kappa shape index (κ3) is 2.75. The maximum absolute atomic E-state index is 13.2. The van der Waals surface area contributed by atoms with E-state index in [1.807, 2.05) is 6.07 Å². The highest BCUT2D eigenvalue weighted by atomic mass is 16.5. The Morgan fingerprint density at radius 3 is 2.69 bits per heavy atom. The van der Waals surface area contributed by atoms with Crippen LogP contribution in [0.3, 0.4) is 0 Å². The number of piperidine rings is 1. The third-order valence-corrected chi connectivity index (χ3v) is 6.04. The molecule has 26 heavy (non-hydrogen) atoms. The summed E-state index contributed by atoms with van der Waals surface area (Å²) in [5.41, 5.74) is 2.65. The molecule has 1 aromatic carbocycles. The van der Waals surface area contributed by atoms with Crippen molar-refractivity contribution in [3.63, 3.8) is 0 Å². The summed E-state index contributed by atoms with van der Waals surface area (Å²) < 4.78 is 5.43. The van der Waals surface area contributed by atoms with Gasteiger partial charge in [-0.05, 0) is 31.0 Å². The Kier molecular flexibility index (Phi) is 4.05. The Morgan fingerprint density at radius 1 is 1.08 bits per heavy atom. The van der Waals surface area contributed by atoms with Crippen molar-refractivity contribution in [1.29, 1.82) is 0 Å². The first-order valence-electron chi connectivity index (χ1n) is 9.64. The Morgan fingerprint density at radius 2 is 1.88 bits per heavy atom. The summed E-state index contributed by atoms with van der Waals surface area (Å²) in [6.45, 7) is 7.33. The molecule has 6 rings (SSSR count). The maximum atomic E-state index is 13.2. The van der Waals surface area contributed by atoms with E-state index in [-0.39, 0.29) is 5.91 Å². The molecule has 1 N–H and O–H groups in total. The molecule has 4 aliphatic rings. The van der Waals surface area contributed by atoms with Crippen LogP contribution in [0, 0.1) is 0 Å². The molecule has 0 saturated carbocycles. The number of carbonyl (C=O) groups excluding carboxylic acids is 1. The second kappa shape index (κ2) is 6.55. The van der Waals surface area contributed by atoms with Crippen LogP contribution in [0.1, 0.15) is 23.3 Å². The molecular formula is C19H25N5O2. The summed E-state index contributed by atoms with van der Waals surface area (Å²) >= 11 is 0. The average molecular weight is 355 g/mol. The van der Waals surface area contributed by atoms with Crippen LogP contribution in [-0.4, -0.2) is 84.4 Å². The minimum absolute atomic E-state index is 0.0733. The molecule has 0 atom stereocenters. The number of aromatic amines is 1. The number of aromatic nitrogens is 2. The van der Waals surface area contributed by atoms with E-state index in [4.69, 9.17) is 4.74 Å². The molecule has 4 aliphatic heterocycles. The van der Waals surface area contributed by atoms with Gasteiger partial charge in [-0.1, -0.05) is 0 Å². The fourth-order valence-electron chi connectivity index (χ4n) is 4.48. The third-order valence-electron chi connectivity index (χ3n) is 6.04. The molecule has 7 heteroatoms. The van der Waals surface area contributed by atoms with Gasteiger partial charge in [-0.2, -0.15) is 5.10 Å². The molecule has 4 fully saturated rings. The van der Waals surface area contributed by atoms with E-state index in [0.29, 0.717) is 11.7 Å². The number of hydrogen-bond donors (Lipinski definition) is 1. The van der Waals surface area contributed by atoms with Crippen molar-refractivity contribution in [2.75, 3.05) is 57.4 Å². The van der Waals surface area contributed by atoms with Crippen molar-refractivity contribution in [2.24, 2.45) is 0 Å². The minimum atomic E-state index is 0.0733. The van der Waals surface area contributed by atoms with Gasteiger partial charge in [0.15, 0.2) is 5.69 Å². The zero-order chi connectivity index (χ0) is 17.5. The summed E-state index contributed by atoms with van der Waals surface area (Å²) in [6.07, 6.45) is 2.16. The predicted octanol–water partition coefficient (Wildman–Crippen LogP) is 1.32. The van der Waals surface area contributed by atoms with Gasteiger partial charge in [-0.3, -0.25) is 9.89 Å². The number of fused-ring (bicyclic) bond motifs is 5. The van der Waals surface area contributed by atoms with Crippen molar-refractivity contribution < 1.29 is 9.53 Å². The smallest absolute Gasteiger partial charge is 0.275 e. The number of nitrogens with one attached hydrogen (secondary N) is 1. The molecule has 4 saturated heterocycles. The molecular weight excluding hydrogens is 330 g/mol. The monoisotopic (exact) mass is 355 g/mol. The normalized spacial score (nSPS) is 26.3. The van der Waals surface area contributed by atoms with Crippen LogP contribution < -0.4 is 4.90 Å². The molecule has 2 bridgehead atoms. The summed E-state index contributed by atoms with van der Waals surface area (Å²) in [5, 5.41) is 8.40. The van der Waals surface area contributed by atoms with E-state index in [1.165, 1.54) is 0 Å². The largest absolute Gasteiger partial charge is 0.378 e. The number of carbonyl (C=O) groups is 1. The predicted molar refractivity (Wildman–Crippen MR) is 99.6 cm³/mol. The van der Waals surface area contributed by atoms with Gasteiger partial charge in [-0.25, -0.2) is 0 Å². The lowest BCUT2D eigenvalue weighted by atomic mass is 10.0. The van der Waals surface area contributed by atoms with Crippen LogP contribution in [0.2, 0.25) is 0 Å². The van der Waals surface area contributed by atoms with E-state index >= 15 is 0 Å². The van der Waals surface area contributed by atoms with E-state index in [2.05, 4.69) is 37.0 Å².